The minimum Gasteiger partial charge on any atom is -0.481 e. The molecule has 3 heterocycles. The zero-order valence-corrected chi connectivity index (χ0v) is 58.9. The molecule has 11 atom stereocenters. The van der Waals surface area contributed by atoms with Gasteiger partial charge in [0.05, 0.1) is 44.8 Å². The Balaban J connectivity index is 1.45. The first-order chi connectivity index (χ1) is 49.4. The van der Waals surface area contributed by atoms with E-state index in [4.69, 9.17) is 22.9 Å². The van der Waals surface area contributed by atoms with Gasteiger partial charge in [0.25, 0.3) is 0 Å². The van der Waals surface area contributed by atoms with Crippen LogP contribution in [0.25, 0.3) is 0 Å². The molecule has 38 heteroatoms. The fourth-order valence-corrected chi connectivity index (χ4v) is 11.1. The minimum absolute atomic E-state index is 0.0156. The maximum atomic E-state index is 14.6. The van der Waals surface area contributed by atoms with E-state index in [-0.39, 0.29) is 102 Å². The SMILES string of the molecule is CC(C)C[C@H](NC(=O)[C@H](CCC(N)=O)NC(=O)[C@H](CCCCN)NC(=O)CNC(=O)[C@H](CC(C)C)NC(=O)[C@H](CO)NC(=O)[C@@H](N)Cc1cnc[nH]1)C(=O)NCC(=O)N[C@@H](Cc1cnc[nH]1)C(=O)N1CCC[C@H]1C(=O)N[C@@H](CC(=O)O)C(=O)N[C@@H](CCCCN)C(=O)N[C@@H](Cc1ccccc1)C(=O)O. The van der Waals surface area contributed by atoms with Crippen LogP contribution in [0.5, 0.6) is 0 Å². The molecule has 4 rings (SSSR count). The van der Waals surface area contributed by atoms with Gasteiger partial charge in [0.1, 0.15) is 60.4 Å². The fourth-order valence-electron chi connectivity index (χ4n) is 11.1. The molecule has 24 N–H and O–H groups in total. The summed E-state index contributed by atoms with van der Waals surface area (Å²) in [6.45, 7) is 4.90. The number of aliphatic hydroxyl groups excluding tert-OH is 1. The third-order valence-corrected chi connectivity index (χ3v) is 16.5. The zero-order valence-electron chi connectivity index (χ0n) is 58.9. The summed E-state index contributed by atoms with van der Waals surface area (Å²) in [6.07, 6.45) is 4.85. The molecule has 13 amide bonds. The Morgan fingerprint density at radius 3 is 1.47 bits per heavy atom. The lowest BCUT2D eigenvalue weighted by atomic mass is 10.0. The van der Waals surface area contributed by atoms with E-state index in [0.29, 0.717) is 29.8 Å². The van der Waals surface area contributed by atoms with Gasteiger partial charge in [0.2, 0.25) is 76.8 Å². The number of imidazole rings is 2. The maximum absolute atomic E-state index is 14.6. The second kappa shape index (κ2) is 44.8. The Bertz CT molecular complexity index is 3340. The van der Waals surface area contributed by atoms with Gasteiger partial charge in [0, 0.05) is 56.0 Å². The van der Waals surface area contributed by atoms with Crippen molar-refractivity contribution in [3.63, 3.8) is 0 Å². The van der Waals surface area contributed by atoms with Crippen molar-refractivity contribution in [1.29, 1.82) is 0 Å². The van der Waals surface area contributed by atoms with Gasteiger partial charge >= 0.3 is 11.9 Å². The molecule has 3 aromatic rings. The maximum Gasteiger partial charge on any atom is 0.326 e. The molecule has 0 saturated carbocycles. The standard InChI is InChI=1S/C66H102N20O18/c1-36(2)23-45(81-61(98)44(18-19-52(70)88)80-59(96)42(15-8-10-20-67)77-53(89)31-73-58(95)46(24-37(3)4)82-63(100)50(33-87)85-56(93)41(69)26-39-29-71-34-75-39)57(94)74-32-54(90)78-48(27-40-30-72-35-76-40)65(102)86-22-12-17-51(86)64(101)83-47(28-55(91)92)62(99)79-43(16-9-11-21-68)60(97)84-49(66(103)104)25-38-13-6-5-7-14-38/h5-7,13-14,29-30,34-37,41-51,87H,8-12,15-28,31-33,67-69H2,1-4H3,(H2,70,88)(H,71,75)(H,72,76)(H,73,95)(H,74,94)(H,77,89)(H,78,90)(H,79,99)(H,80,96)(H,81,98)(H,82,100)(H,83,101)(H,84,97)(H,85,93)(H,91,92)(H,103,104)/t41-,42-,43-,44-,45-,46-,47-,48-,49-,50-,51-/m0/s1. The van der Waals surface area contributed by atoms with E-state index in [1.807, 2.05) is 0 Å². The van der Waals surface area contributed by atoms with Crippen LogP contribution >= 0.6 is 0 Å². The number of hydrogen-bond acceptors (Lipinski definition) is 21. The molecule has 104 heavy (non-hydrogen) atoms. The summed E-state index contributed by atoms with van der Waals surface area (Å²) in [6, 6.07) is -7.32. The number of nitrogens with zero attached hydrogens (tertiary/aromatic N) is 3. The first-order valence-electron chi connectivity index (χ1n) is 34.5. The number of aromatic amines is 2. The normalized spacial score (nSPS) is 15.5. The van der Waals surface area contributed by atoms with Crippen molar-refractivity contribution in [2.24, 2.45) is 34.8 Å². The number of carbonyl (C=O) groups excluding carboxylic acids is 13. The van der Waals surface area contributed by atoms with Crippen LogP contribution < -0.4 is 81.4 Å². The highest BCUT2D eigenvalue weighted by atomic mass is 16.4. The second-order valence-corrected chi connectivity index (χ2v) is 26.1. The van der Waals surface area contributed by atoms with Crippen molar-refractivity contribution in [2.75, 3.05) is 39.3 Å². The largest absolute Gasteiger partial charge is 0.481 e. The van der Waals surface area contributed by atoms with Gasteiger partial charge in [-0.3, -0.25) is 67.1 Å². The van der Waals surface area contributed by atoms with Gasteiger partial charge in [-0.25, -0.2) is 14.8 Å². The van der Waals surface area contributed by atoms with Crippen LogP contribution in [0.1, 0.15) is 128 Å². The summed E-state index contributed by atoms with van der Waals surface area (Å²) < 4.78 is 0. The van der Waals surface area contributed by atoms with Crippen LogP contribution in [-0.2, 0) is 91.2 Å². The summed E-state index contributed by atoms with van der Waals surface area (Å²) in [4.78, 5) is 217. The third-order valence-electron chi connectivity index (χ3n) is 16.5. The Kier molecular flexibility index (Phi) is 37.0. The molecule has 574 valence electrons. The Morgan fingerprint density at radius 2 is 1.00 bits per heavy atom. The number of rotatable bonds is 48. The van der Waals surface area contributed by atoms with Gasteiger partial charge in [0.15, 0.2) is 0 Å². The van der Waals surface area contributed by atoms with Gasteiger partial charge in [-0.2, -0.15) is 0 Å². The van der Waals surface area contributed by atoms with Crippen LogP contribution in [0.2, 0.25) is 0 Å². The van der Waals surface area contributed by atoms with Crippen molar-refractivity contribution in [3.8, 4) is 0 Å². The topological polar surface area (TPSA) is 614 Å². The van der Waals surface area contributed by atoms with E-state index in [2.05, 4.69) is 78.4 Å². The molecule has 0 aliphatic carbocycles. The summed E-state index contributed by atoms with van der Waals surface area (Å²) >= 11 is 0. The number of carbonyl (C=O) groups is 15. The number of aromatic nitrogens is 4. The summed E-state index contributed by atoms with van der Waals surface area (Å²) in [7, 11) is 0. The molecule has 1 aromatic carbocycles. The highest BCUT2D eigenvalue weighted by molar-refractivity contribution is 6.00. The minimum atomic E-state index is -1.82. The molecule has 1 fully saturated rings. The number of amides is 13. The number of H-pyrrole nitrogens is 2. The monoisotopic (exact) mass is 1460 g/mol. The highest BCUT2D eigenvalue weighted by Gasteiger charge is 2.41. The number of nitrogens with one attached hydrogen (secondary N) is 13. The number of primary amides is 1. The Hall–Kier alpha value is -10.5. The van der Waals surface area contributed by atoms with Gasteiger partial charge in [-0.05, 0) is 101 Å². The lowest BCUT2D eigenvalue weighted by Gasteiger charge is -2.30. The third kappa shape index (κ3) is 30.6. The molecule has 1 saturated heterocycles. The molecule has 38 nitrogen and oxygen atoms in total. The number of likely N-dealkylation sites (tertiary alicyclic amines) is 1. The number of carboxylic acids is 2. The van der Waals surface area contributed by atoms with E-state index in [9.17, 15) is 87.2 Å². The smallest absolute Gasteiger partial charge is 0.326 e. The van der Waals surface area contributed by atoms with Crippen molar-refractivity contribution < 1.29 is 87.2 Å². The molecule has 0 bridgehead atoms. The lowest BCUT2D eigenvalue weighted by molar-refractivity contribution is -0.144. The van der Waals surface area contributed by atoms with Gasteiger partial charge in [-0.1, -0.05) is 58.0 Å². The van der Waals surface area contributed by atoms with Crippen LogP contribution in [0.3, 0.4) is 0 Å². The van der Waals surface area contributed by atoms with E-state index in [1.165, 1.54) is 25.0 Å². The molecular weight excluding hydrogens is 1360 g/mol. The molecular formula is C66H102N20O18. The average molecular weight is 1460 g/mol. The predicted octanol–water partition coefficient (Wildman–Crippen LogP) is -5.76. The van der Waals surface area contributed by atoms with E-state index >= 15 is 0 Å². The quantitative estimate of drug-likeness (QED) is 0.0234. The number of aliphatic hydroxyl groups is 1. The molecule has 1 aliphatic rings. The molecule has 0 radical (unpaired) electrons. The van der Waals surface area contributed by atoms with Gasteiger partial charge < -0.3 is 112 Å². The lowest BCUT2D eigenvalue weighted by Crippen LogP contribution is -2.59. The van der Waals surface area contributed by atoms with E-state index < -0.39 is 194 Å². The number of benzene rings is 1. The number of unbranched alkanes of at least 4 members (excludes halogenated alkanes) is 2. The van der Waals surface area contributed by atoms with E-state index in [1.54, 1.807) is 58.0 Å². The van der Waals surface area contributed by atoms with Gasteiger partial charge in [-0.15, -0.1) is 0 Å². The number of hydrogen-bond donors (Lipinski definition) is 20. The Morgan fingerprint density at radius 1 is 0.538 bits per heavy atom. The number of carboxylic acid groups (broad SMARTS) is 2. The first-order valence-corrected chi connectivity index (χ1v) is 34.5. The predicted molar refractivity (Wildman–Crippen MR) is 371 cm³/mol. The Labute approximate surface area is 600 Å². The van der Waals surface area contributed by atoms with Crippen molar-refractivity contribution >= 4 is 88.7 Å². The van der Waals surface area contributed by atoms with Crippen molar-refractivity contribution in [1.82, 2.24) is 83.3 Å². The second-order valence-electron chi connectivity index (χ2n) is 26.1. The van der Waals surface area contributed by atoms with Crippen LogP contribution in [0.15, 0.2) is 55.4 Å². The van der Waals surface area contributed by atoms with Crippen LogP contribution in [-0.4, -0.2) is 235 Å². The van der Waals surface area contributed by atoms with E-state index in [0.717, 1.165) is 4.90 Å². The zero-order chi connectivity index (χ0) is 77.0. The molecule has 1 aliphatic heterocycles. The number of aliphatic carboxylic acids is 2. The highest BCUT2D eigenvalue weighted by Crippen LogP contribution is 2.21. The summed E-state index contributed by atoms with van der Waals surface area (Å²) in [5.41, 5.74) is 24.3. The summed E-state index contributed by atoms with van der Waals surface area (Å²) in [5, 5.41) is 57.1. The van der Waals surface area contributed by atoms with Crippen LogP contribution in [0, 0.1) is 11.8 Å². The van der Waals surface area contributed by atoms with Crippen molar-refractivity contribution in [3.05, 3.63) is 72.3 Å². The summed E-state index contributed by atoms with van der Waals surface area (Å²) in [5.74, 6) is -15.2. The molecule has 2 aromatic heterocycles. The first kappa shape index (κ1) is 85.9. The fraction of sp³-hybridized carbons (Fsp3) is 0.591. The van der Waals surface area contributed by atoms with Crippen LogP contribution in [0.4, 0.5) is 0 Å². The number of nitrogens with two attached hydrogens (primary N) is 4. The molecule has 0 spiro atoms. The average Bonchev–Trinajstić information content (AvgIpc) is 1.65. The molecule has 0 unspecified atom stereocenters. The van der Waals surface area contributed by atoms with Crippen molar-refractivity contribution in [2.45, 2.75) is 197 Å².